The first-order valence-corrected chi connectivity index (χ1v) is 9.81. The number of rotatable bonds is 7. The summed E-state index contributed by atoms with van der Waals surface area (Å²) in [4.78, 5) is 24.6. The summed E-state index contributed by atoms with van der Waals surface area (Å²) in [6.07, 6.45) is 1.11. The predicted molar refractivity (Wildman–Crippen MR) is 116 cm³/mol. The molecule has 0 spiro atoms. The lowest BCUT2D eigenvalue weighted by molar-refractivity contribution is 0.0552. The molecule has 0 radical (unpaired) electrons. The number of carbonyl (C=O) groups excluding carboxylic acids is 2. The fourth-order valence-electron chi connectivity index (χ4n) is 2.85. The van der Waals surface area contributed by atoms with E-state index in [9.17, 15) is 14.7 Å². The number of benzene rings is 2. The monoisotopic (exact) mass is 411 g/mol. The number of alkyl carbamates (subject to hydrolysis) is 1. The van der Waals surface area contributed by atoms with Crippen LogP contribution in [0.15, 0.2) is 60.7 Å². The largest absolute Gasteiger partial charge is 0.465 e. The summed E-state index contributed by atoms with van der Waals surface area (Å²) in [6.45, 7) is 5.27. The summed E-state index contributed by atoms with van der Waals surface area (Å²) in [5.74, 6) is -0.540. The van der Waals surface area contributed by atoms with Gasteiger partial charge >= 0.3 is 12.1 Å². The van der Waals surface area contributed by atoms with Gasteiger partial charge in [0, 0.05) is 5.56 Å². The van der Waals surface area contributed by atoms with E-state index in [1.165, 1.54) is 13.2 Å². The Morgan fingerprint density at radius 1 is 1.03 bits per heavy atom. The van der Waals surface area contributed by atoms with Gasteiger partial charge in [-0.3, -0.25) is 5.32 Å². The van der Waals surface area contributed by atoms with Crippen molar-refractivity contribution < 1.29 is 24.2 Å². The highest BCUT2D eigenvalue weighted by molar-refractivity contribution is 5.96. The van der Waals surface area contributed by atoms with Gasteiger partial charge in [0.1, 0.15) is 5.60 Å². The van der Waals surface area contributed by atoms with E-state index in [1.54, 1.807) is 45.0 Å². The zero-order valence-corrected chi connectivity index (χ0v) is 17.8. The topological polar surface area (TPSA) is 84.9 Å². The maximum atomic E-state index is 12.4. The first-order chi connectivity index (χ1) is 14.2. The molecular weight excluding hydrogens is 382 g/mol. The molecule has 160 valence electrons. The summed E-state index contributed by atoms with van der Waals surface area (Å²) in [5, 5.41) is 13.3. The van der Waals surface area contributed by atoms with E-state index in [2.05, 4.69) is 5.32 Å². The van der Waals surface area contributed by atoms with Crippen molar-refractivity contribution in [3.05, 3.63) is 77.4 Å². The standard InChI is InChI=1S/C24H29NO5/c1-24(2,3)30-23(28)25-21(19-12-8-9-13-20(19)22(27)29-4)16-18(26)15-14-17-10-6-5-7-11-17/h5-13,16,18,26H,14-15H2,1-4H3,(H,25,28)/t18-/m1/s1. The second-order valence-corrected chi connectivity index (χ2v) is 7.84. The van der Waals surface area contributed by atoms with Crippen LogP contribution >= 0.6 is 0 Å². The van der Waals surface area contributed by atoms with Crippen molar-refractivity contribution in [2.75, 3.05) is 7.11 Å². The number of aliphatic hydroxyl groups excluding tert-OH is 1. The summed E-state index contributed by atoms with van der Waals surface area (Å²) < 4.78 is 10.2. The van der Waals surface area contributed by atoms with Gasteiger partial charge in [-0.15, -0.1) is 0 Å². The Labute approximate surface area is 177 Å². The van der Waals surface area contributed by atoms with Crippen LogP contribution in [0, 0.1) is 0 Å². The van der Waals surface area contributed by atoms with E-state index in [-0.39, 0.29) is 11.3 Å². The van der Waals surface area contributed by atoms with Crippen LogP contribution in [0.2, 0.25) is 0 Å². The first kappa shape index (κ1) is 23.2. The van der Waals surface area contributed by atoms with Crippen LogP contribution in [-0.4, -0.2) is 36.0 Å². The molecule has 1 atom stereocenters. The van der Waals surface area contributed by atoms with Gasteiger partial charge in [0.2, 0.25) is 0 Å². The first-order valence-electron chi connectivity index (χ1n) is 9.81. The van der Waals surface area contributed by atoms with Crippen LogP contribution in [0.3, 0.4) is 0 Å². The summed E-state index contributed by atoms with van der Waals surface area (Å²) in [7, 11) is 1.29. The van der Waals surface area contributed by atoms with E-state index in [0.29, 0.717) is 18.4 Å². The molecular formula is C24H29NO5. The number of esters is 1. The molecule has 6 heteroatoms. The molecule has 0 saturated carbocycles. The van der Waals surface area contributed by atoms with Gasteiger partial charge < -0.3 is 14.6 Å². The molecule has 0 bridgehead atoms. The van der Waals surface area contributed by atoms with Crippen molar-refractivity contribution in [1.82, 2.24) is 5.32 Å². The number of hydrogen-bond acceptors (Lipinski definition) is 5. The molecule has 6 nitrogen and oxygen atoms in total. The maximum absolute atomic E-state index is 12.4. The van der Waals surface area contributed by atoms with Crippen LogP contribution in [0.25, 0.3) is 5.70 Å². The number of amides is 1. The molecule has 0 heterocycles. The number of carbonyl (C=O) groups is 2. The lowest BCUT2D eigenvalue weighted by Crippen LogP contribution is -2.32. The van der Waals surface area contributed by atoms with Crippen molar-refractivity contribution >= 4 is 17.8 Å². The molecule has 0 fully saturated rings. The zero-order chi connectivity index (χ0) is 22.1. The predicted octanol–water partition coefficient (Wildman–Crippen LogP) is 4.33. The molecule has 0 aliphatic carbocycles. The highest BCUT2D eigenvalue weighted by Crippen LogP contribution is 2.21. The Kier molecular flexibility index (Phi) is 8.18. The average molecular weight is 411 g/mol. The molecule has 30 heavy (non-hydrogen) atoms. The van der Waals surface area contributed by atoms with E-state index in [0.717, 1.165) is 5.56 Å². The van der Waals surface area contributed by atoms with E-state index in [1.807, 2.05) is 30.3 Å². The van der Waals surface area contributed by atoms with E-state index in [4.69, 9.17) is 9.47 Å². The lowest BCUT2D eigenvalue weighted by atomic mass is 10.0. The van der Waals surface area contributed by atoms with Gasteiger partial charge in [0.05, 0.1) is 24.5 Å². The van der Waals surface area contributed by atoms with Crippen LogP contribution in [0.4, 0.5) is 4.79 Å². The molecule has 2 aromatic carbocycles. The third-order valence-corrected chi connectivity index (χ3v) is 4.19. The number of methoxy groups -OCH3 is 1. The number of aliphatic hydroxyl groups is 1. The summed E-state index contributed by atoms with van der Waals surface area (Å²) >= 11 is 0. The molecule has 2 rings (SSSR count). The Morgan fingerprint density at radius 3 is 2.23 bits per heavy atom. The minimum Gasteiger partial charge on any atom is -0.465 e. The van der Waals surface area contributed by atoms with Crippen molar-refractivity contribution in [2.45, 2.75) is 45.3 Å². The van der Waals surface area contributed by atoms with E-state index >= 15 is 0 Å². The third-order valence-electron chi connectivity index (χ3n) is 4.19. The normalized spacial score (nSPS) is 12.8. The molecule has 0 aliphatic heterocycles. The lowest BCUT2D eigenvalue weighted by Gasteiger charge is -2.21. The highest BCUT2D eigenvalue weighted by Gasteiger charge is 2.21. The van der Waals surface area contributed by atoms with Crippen LogP contribution < -0.4 is 5.32 Å². The molecule has 1 amide bonds. The fraction of sp³-hybridized carbons (Fsp3) is 0.333. The van der Waals surface area contributed by atoms with Crippen LogP contribution in [0.5, 0.6) is 0 Å². The summed E-state index contributed by atoms with van der Waals surface area (Å²) in [6, 6.07) is 16.5. The number of aryl methyl sites for hydroxylation is 1. The van der Waals surface area contributed by atoms with Gasteiger partial charge in [-0.05, 0) is 51.3 Å². The van der Waals surface area contributed by atoms with Crippen molar-refractivity contribution in [2.24, 2.45) is 0 Å². The number of ether oxygens (including phenoxy) is 2. The Bertz CT molecular complexity index is 884. The summed E-state index contributed by atoms with van der Waals surface area (Å²) in [5.41, 5.74) is 1.40. The second kappa shape index (κ2) is 10.6. The Balaban J connectivity index is 2.30. The minimum absolute atomic E-state index is 0.276. The second-order valence-electron chi connectivity index (χ2n) is 7.84. The molecule has 2 aromatic rings. The van der Waals surface area contributed by atoms with Gasteiger partial charge in [-0.1, -0.05) is 48.5 Å². The van der Waals surface area contributed by atoms with Crippen LogP contribution in [-0.2, 0) is 15.9 Å². The molecule has 0 unspecified atom stereocenters. The zero-order valence-electron chi connectivity index (χ0n) is 17.8. The maximum Gasteiger partial charge on any atom is 0.412 e. The SMILES string of the molecule is COC(=O)c1ccccc1C(=C[C@H](O)CCc1ccccc1)NC(=O)OC(C)(C)C. The quantitative estimate of drug-likeness (QED) is 0.663. The molecule has 0 saturated heterocycles. The number of nitrogens with one attached hydrogen (secondary N) is 1. The van der Waals surface area contributed by atoms with Crippen molar-refractivity contribution in [3.8, 4) is 0 Å². The van der Waals surface area contributed by atoms with E-state index < -0.39 is 23.8 Å². The Hall–Kier alpha value is -3.12. The average Bonchev–Trinajstić information content (AvgIpc) is 2.70. The van der Waals surface area contributed by atoms with Crippen molar-refractivity contribution in [1.29, 1.82) is 0 Å². The number of hydrogen-bond donors (Lipinski definition) is 2. The minimum atomic E-state index is -0.846. The van der Waals surface area contributed by atoms with Gasteiger partial charge in [-0.25, -0.2) is 9.59 Å². The van der Waals surface area contributed by atoms with Gasteiger partial charge in [0.15, 0.2) is 0 Å². The molecule has 0 aliphatic rings. The molecule has 2 N–H and O–H groups in total. The van der Waals surface area contributed by atoms with Gasteiger partial charge in [-0.2, -0.15) is 0 Å². The highest BCUT2D eigenvalue weighted by atomic mass is 16.6. The van der Waals surface area contributed by atoms with Crippen molar-refractivity contribution in [3.63, 3.8) is 0 Å². The smallest absolute Gasteiger partial charge is 0.412 e. The third kappa shape index (κ3) is 7.37. The fourth-order valence-corrected chi connectivity index (χ4v) is 2.85. The Morgan fingerprint density at radius 2 is 1.63 bits per heavy atom. The molecule has 0 aromatic heterocycles. The van der Waals surface area contributed by atoms with Gasteiger partial charge in [0.25, 0.3) is 0 Å². The van der Waals surface area contributed by atoms with Crippen LogP contribution in [0.1, 0.15) is 48.7 Å².